The van der Waals surface area contributed by atoms with Crippen LogP contribution in [0.1, 0.15) is 18.4 Å². The molecule has 1 unspecified atom stereocenters. The number of hydrogen-bond acceptors (Lipinski definition) is 5. The quantitative estimate of drug-likeness (QED) is 0.704. The Kier molecular flexibility index (Phi) is 4.57. The highest BCUT2D eigenvalue weighted by Gasteiger charge is 2.31. The topological polar surface area (TPSA) is 76.8 Å². The van der Waals surface area contributed by atoms with Crippen LogP contribution in [0.3, 0.4) is 0 Å². The Bertz CT molecular complexity index is 961. The molecule has 1 aromatic carbocycles. The number of benzene rings is 1. The van der Waals surface area contributed by atoms with Crippen LogP contribution in [0, 0.1) is 17.6 Å². The standard InChI is InChI=1S/C18H16F2N6O/c19-15-4-3-12(9-16(15)20)8-13-2-1-7-25(18(13)27)17-11-23-26(24-17)14-5-6-21-22-10-14/h3-6,9-11,13H,1-2,7-8H2. The fourth-order valence-corrected chi connectivity index (χ4v) is 3.22. The summed E-state index contributed by atoms with van der Waals surface area (Å²) in [5.74, 6) is -1.74. The first-order valence-electron chi connectivity index (χ1n) is 8.56. The zero-order chi connectivity index (χ0) is 18.8. The van der Waals surface area contributed by atoms with Gasteiger partial charge in [-0.25, -0.2) is 8.78 Å². The van der Waals surface area contributed by atoms with Crippen LogP contribution in [-0.2, 0) is 11.2 Å². The summed E-state index contributed by atoms with van der Waals surface area (Å²) in [4.78, 5) is 15.9. The van der Waals surface area contributed by atoms with Gasteiger partial charge in [-0.1, -0.05) is 6.07 Å². The maximum atomic E-state index is 13.4. The van der Waals surface area contributed by atoms with Crippen molar-refractivity contribution in [3.05, 3.63) is 60.1 Å². The predicted molar refractivity (Wildman–Crippen MR) is 92.1 cm³/mol. The first kappa shape index (κ1) is 17.2. The monoisotopic (exact) mass is 370 g/mol. The number of rotatable bonds is 4. The number of amides is 1. The summed E-state index contributed by atoms with van der Waals surface area (Å²) in [6, 6.07) is 5.45. The van der Waals surface area contributed by atoms with Gasteiger partial charge in [0.1, 0.15) is 5.69 Å². The van der Waals surface area contributed by atoms with Crippen LogP contribution >= 0.6 is 0 Å². The maximum Gasteiger partial charge on any atom is 0.231 e. The number of carbonyl (C=O) groups excluding carboxylic acids is 1. The highest BCUT2D eigenvalue weighted by atomic mass is 19.2. The molecule has 3 heterocycles. The summed E-state index contributed by atoms with van der Waals surface area (Å²) in [6.07, 6.45) is 6.42. The number of nitrogens with zero attached hydrogens (tertiary/aromatic N) is 6. The summed E-state index contributed by atoms with van der Waals surface area (Å²) in [5, 5.41) is 16.0. The third-order valence-corrected chi connectivity index (χ3v) is 4.57. The Balaban J connectivity index is 1.52. The Morgan fingerprint density at radius 1 is 1.11 bits per heavy atom. The normalized spacial score (nSPS) is 17.3. The number of halogens is 2. The molecule has 0 radical (unpaired) electrons. The lowest BCUT2D eigenvalue weighted by atomic mass is 9.90. The average Bonchev–Trinajstić information content (AvgIpc) is 3.17. The van der Waals surface area contributed by atoms with Crippen molar-refractivity contribution in [2.24, 2.45) is 5.92 Å². The first-order valence-corrected chi connectivity index (χ1v) is 8.56. The van der Waals surface area contributed by atoms with E-state index in [4.69, 9.17) is 0 Å². The molecule has 4 rings (SSSR count). The zero-order valence-corrected chi connectivity index (χ0v) is 14.3. The minimum absolute atomic E-state index is 0.0918. The summed E-state index contributed by atoms with van der Waals surface area (Å²) in [7, 11) is 0. The van der Waals surface area contributed by atoms with Gasteiger partial charge in [-0.15, -0.1) is 9.90 Å². The van der Waals surface area contributed by atoms with Crippen LogP contribution in [-0.4, -0.2) is 37.6 Å². The molecule has 2 aromatic heterocycles. The molecule has 0 saturated carbocycles. The molecule has 1 aliphatic rings. The Labute approximate surface area is 153 Å². The number of hydrogen-bond donors (Lipinski definition) is 0. The highest BCUT2D eigenvalue weighted by molar-refractivity contribution is 5.94. The van der Waals surface area contributed by atoms with E-state index in [9.17, 15) is 13.6 Å². The Morgan fingerprint density at radius 3 is 2.78 bits per heavy atom. The summed E-state index contributed by atoms with van der Waals surface area (Å²) < 4.78 is 26.5. The smallest absolute Gasteiger partial charge is 0.231 e. The molecule has 3 aromatic rings. The van der Waals surface area contributed by atoms with Gasteiger partial charge in [0.2, 0.25) is 5.91 Å². The summed E-state index contributed by atoms with van der Waals surface area (Å²) in [5.41, 5.74) is 1.24. The van der Waals surface area contributed by atoms with Crippen molar-refractivity contribution in [1.29, 1.82) is 0 Å². The van der Waals surface area contributed by atoms with Gasteiger partial charge in [0.25, 0.3) is 0 Å². The van der Waals surface area contributed by atoms with Gasteiger partial charge >= 0.3 is 0 Å². The number of aromatic nitrogens is 5. The van der Waals surface area contributed by atoms with Crippen LogP contribution in [0.4, 0.5) is 14.6 Å². The van der Waals surface area contributed by atoms with E-state index < -0.39 is 11.6 Å². The molecule has 138 valence electrons. The van der Waals surface area contributed by atoms with Gasteiger partial charge in [-0.2, -0.15) is 15.3 Å². The lowest BCUT2D eigenvalue weighted by Gasteiger charge is -2.30. The van der Waals surface area contributed by atoms with Crippen LogP contribution in [0.15, 0.2) is 42.9 Å². The van der Waals surface area contributed by atoms with Gasteiger partial charge in [-0.3, -0.25) is 9.69 Å². The van der Waals surface area contributed by atoms with Crippen molar-refractivity contribution in [3.63, 3.8) is 0 Å². The van der Waals surface area contributed by atoms with Crippen molar-refractivity contribution < 1.29 is 13.6 Å². The predicted octanol–water partition coefficient (Wildman–Crippen LogP) is 2.32. The molecule has 1 aliphatic heterocycles. The van der Waals surface area contributed by atoms with Crippen LogP contribution < -0.4 is 4.90 Å². The number of piperidine rings is 1. The molecule has 0 aliphatic carbocycles. The Hall–Kier alpha value is -3.23. The van der Waals surface area contributed by atoms with Crippen LogP contribution in [0.2, 0.25) is 0 Å². The fraction of sp³-hybridized carbons (Fsp3) is 0.278. The summed E-state index contributed by atoms with van der Waals surface area (Å²) >= 11 is 0. The maximum absolute atomic E-state index is 13.4. The van der Waals surface area contributed by atoms with Crippen molar-refractivity contribution >= 4 is 11.7 Å². The van der Waals surface area contributed by atoms with Gasteiger partial charge in [0, 0.05) is 12.5 Å². The molecule has 0 N–H and O–H groups in total. The van der Waals surface area contributed by atoms with E-state index in [2.05, 4.69) is 20.4 Å². The molecule has 9 heteroatoms. The third kappa shape index (κ3) is 3.53. The molecule has 7 nitrogen and oxygen atoms in total. The second kappa shape index (κ2) is 7.18. The molecule has 1 amide bonds. The third-order valence-electron chi connectivity index (χ3n) is 4.57. The molecule has 1 fully saturated rings. The van der Waals surface area contributed by atoms with Crippen molar-refractivity contribution in [1.82, 2.24) is 25.2 Å². The molecule has 1 atom stereocenters. The average molecular weight is 370 g/mol. The van der Waals surface area contributed by atoms with E-state index in [-0.39, 0.29) is 11.8 Å². The SMILES string of the molecule is O=C1C(Cc2ccc(F)c(F)c2)CCCN1c1cnn(-c2ccnnc2)n1. The van der Waals surface area contributed by atoms with E-state index >= 15 is 0 Å². The first-order chi connectivity index (χ1) is 13.1. The minimum Gasteiger partial charge on any atom is -0.294 e. The Morgan fingerprint density at radius 2 is 2.00 bits per heavy atom. The lowest BCUT2D eigenvalue weighted by molar-refractivity contribution is -0.123. The van der Waals surface area contributed by atoms with E-state index in [1.807, 2.05) is 0 Å². The van der Waals surface area contributed by atoms with Crippen LogP contribution in [0.25, 0.3) is 5.69 Å². The largest absolute Gasteiger partial charge is 0.294 e. The molecule has 1 saturated heterocycles. The lowest BCUT2D eigenvalue weighted by Crippen LogP contribution is -2.42. The number of anilines is 1. The van der Waals surface area contributed by atoms with E-state index in [0.717, 1.165) is 18.6 Å². The van der Waals surface area contributed by atoms with Crippen molar-refractivity contribution in [2.75, 3.05) is 11.4 Å². The van der Waals surface area contributed by atoms with Gasteiger partial charge < -0.3 is 0 Å². The molecular formula is C18H16F2N6O. The fourth-order valence-electron chi connectivity index (χ4n) is 3.22. The minimum atomic E-state index is -0.901. The second-order valence-electron chi connectivity index (χ2n) is 6.37. The zero-order valence-electron chi connectivity index (χ0n) is 14.3. The number of carbonyl (C=O) groups is 1. The van der Waals surface area contributed by atoms with Gasteiger partial charge in [0.05, 0.1) is 18.6 Å². The molecule has 0 spiro atoms. The molecular weight excluding hydrogens is 354 g/mol. The van der Waals surface area contributed by atoms with E-state index in [0.29, 0.717) is 36.5 Å². The molecule has 27 heavy (non-hydrogen) atoms. The second-order valence-corrected chi connectivity index (χ2v) is 6.37. The van der Waals surface area contributed by atoms with Crippen LogP contribution in [0.5, 0.6) is 0 Å². The van der Waals surface area contributed by atoms with Gasteiger partial charge in [0.15, 0.2) is 17.5 Å². The van der Waals surface area contributed by atoms with Crippen molar-refractivity contribution in [3.8, 4) is 5.69 Å². The molecule has 0 bridgehead atoms. The highest BCUT2D eigenvalue weighted by Crippen LogP contribution is 2.26. The van der Waals surface area contributed by atoms with E-state index in [1.165, 1.54) is 29.5 Å². The van der Waals surface area contributed by atoms with Gasteiger partial charge in [-0.05, 0) is 43.0 Å². The van der Waals surface area contributed by atoms with E-state index in [1.54, 1.807) is 11.0 Å². The summed E-state index contributed by atoms with van der Waals surface area (Å²) in [6.45, 7) is 0.542. The van der Waals surface area contributed by atoms with Crippen molar-refractivity contribution in [2.45, 2.75) is 19.3 Å².